The fourth-order valence-corrected chi connectivity index (χ4v) is 4.49. The van der Waals surface area contributed by atoms with Gasteiger partial charge in [0.05, 0.1) is 10.6 Å². The molecule has 7 nitrogen and oxygen atoms in total. The highest BCUT2D eigenvalue weighted by molar-refractivity contribution is 7.91. The first-order chi connectivity index (χ1) is 13.0. The highest BCUT2D eigenvalue weighted by atomic mass is 32.2. The van der Waals surface area contributed by atoms with Crippen molar-refractivity contribution in [2.75, 3.05) is 0 Å². The van der Waals surface area contributed by atoms with E-state index in [1.54, 1.807) is 59.4 Å². The van der Waals surface area contributed by atoms with Crippen molar-refractivity contribution in [3.05, 3.63) is 89.4 Å². The van der Waals surface area contributed by atoms with E-state index >= 15 is 0 Å². The first kappa shape index (κ1) is 16.9. The molecule has 4 rings (SSSR count). The van der Waals surface area contributed by atoms with Gasteiger partial charge in [-0.1, -0.05) is 24.3 Å². The molecule has 0 saturated carbocycles. The summed E-state index contributed by atoms with van der Waals surface area (Å²) in [4.78, 5) is 14.5. The van der Waals surface area contributed by atoms with Gasteiger partial charge in [0.25, 0.3) is 5.69 Å². The number of fused-ring (bicyclic) bond motifs is 1. The number of nitro groups is 1. The van der Waals surface area contributed by atoms with Crippen LogP contribution in [0.3, 0.4) is 0 Å². The Morgan fingerprint density at radius 2 is 1.70 bits per heavy atom. The Balaban J connectivity index is 1.95. The lowest BCUT2D eigenvalue weighted by molar-refractivity contribution is -0.387. The monoisotopic (exact) mass is 379 g/mol. The lowest BCUT2D eigenvalue weighted by atomic mass is 10.2. The first-order valence-corrected chi connectivity index (χ1v) is 9.47. The van der Waals surface area contributed by atoms with Gasteiger partial charge in [-0.25, -0.2) is 13.4 Å². The van der Waals surface area contributed by atoms with Crippen LogP contribution in [0.15, 0.2) is 89.2 Å². The Labute approximate surface area is 154 Å². The summed E-state index contributed by atoms with van der Waals surface area (Å²) in [5.41, 5.74) is 0.00691. The minimum atomic E-state index is -4.19. The van der Waals surface area contributed by atoms with Gasteiger partial charge >= 0.3 is 0 Å². The number of sulfone groups is 1. The minimum absolute atomic E-state index is 0.197. The largest absolute Gasteiger partial charge is 0.324 e. The molecular weight excluding hydrogens is 366 g/mol. The van der Waals surface area contributed by atoms with Gasteiger partial charge in [-0.05, 0) is 35.7 Å². The van der Waals surface area contributed by atoms with Gasteiger partial charge in [0.2, 0.25) is 9.84 Å². The van der Waals surface area contributed by atoms with E-state index in [-0.39, 0.29) is 9.92 Å². The third-order valence-electron chi connectivity index (χ3n) is 4.22. The Bertz CT molecular complexity index is 1260. The molecule has 2 aromatic carbocycles. The fourth-order valence-electron chi connectivity index (χ4n) is 2.95. The molecule has 0 radical (unpaired) electrons. The molecule has 0 spiro atoms. The van der Waals surface area contributed by atoms with Crippen molar-refractivity contribution in [3.63, 3.8) is 0 Å². The predicted molar refractivity (Wildman–Crippen MR) is 99.6 cm³/mol. The van der Waals surface area contributed by atoms with Crippen LogP contribution in [0.1, 0.15) is 0 Å². The van der Waals surface area contributed by atoms with Gasteiger partial charge in [0.1, 0.15) is 0 Å². The fraction of sp³-hybridized carbons (Fsp3) is 0. The highest BCUT2D eigenvalue weighted by Gasteiger charge is 2.30. The van der Waals surface area contributed by atoms with Gasteiger partial charge in [-0.2, -0.15) is 0 Å². The zero-order chi connectivity index (χ0) is 19.0. The van der Waals surface area contributed by atoms with E-state index in [1.165, 1.54) is 24.4 Å². The van der Waals surface area contributed by atoms with Gasteiger partial charge in [0, 0.05) is 30.0 Å². The Hall–Kier alpha value is -3.52. The normalized spacial score (nSPS) is 11.6. The maximum atomic E-state index is 13.2. The zero-order valence-corrected chi connectivity index (χ0v) is 14.7. The summed E-state index contributed by atoms with van der Waals surface area (Å²) >= 11 is 0. The van der Waals surface area contributed by atoms with E-state index in [4.69, 9.17) is 0 Å². The molecule has 0 atom stereocenters. The van der Waals surface area contributed by atoms with E-state index in [0.29, 0.717) is 16.5 Å². The van der Waals surface area contributed by atoms with Crippen molar-refractivity contribution in [2.45, 2.75) is 9.92 Å². The molecule has 134 valence electrons. The van der Waals surface area contributed by atoms with Crippen LogP contribution in [0.25, 0.3) is 16.5 Å². The van der Waals surface area contributed by atoms with E-state index in [2.05, 4.69) is 4.98 Å². The highest BCUT2D eigenvalue weighted by Crippen LogP contribution is 2.33. The second kappa shape index (κ2) is 6.33. The van der Waals surface area contributed by atoms with E-state index in [0.717, 1.165) is 0 Å². The van der Waals surface area contributed by atoms with Crippen LogP contribution < -0.4 is 0 Å². The summed E-state index contributed by atoms with van der Waals surface area (Å²) in [5, 5.41) is 12.5. The lowest BCUT2D eigenvalue weighted by Gasteiger charge is -2.09. The van der Waals surface area contributed by atoms with Crippen LogP contribution in [-0.4, -0.2) is 22.9 Å². The van der Waals surface area contributed by atoms with Crippen LogP contribution in [0, 0.1) is 10.1 Å². The molecule has 0 fully saturated rings. The predicted octanol–water partition coefficient (Wildman–Crippen LogP) is 3.77. The standard InChI is InChI=1S/C19H13N3O4S/c23-22(24)17-13-15(21-11-3-4-12-21)7-8-18(17)27(25,26)19-16-6-2-1-5-14(16)9-10-20-19/h1-13H. The molecule has 0 bridgehead atoms. The molecule has 0 unspecified atom stereocenters. The molecule has 0 aliphatic carbocycles. The topological polar surface area (TPSA) is 95.1 Å². The molecule has 0 aliphatic rings. The van der Waals surface area contributed by atoms with Crippen molar-refractivity contribution < 1.29 is 13.3 Å². The van der Waals surface area contributed by atoms with E-state index in [1.807, 2.05) is 0 Å². The number of pyridine rings is 1. The second-order valence-electron chi connectivity index (χ2n) is 5.84. The van der Waals surface area contributed by atoms with Crippen molar-refractivity contribution in [1.29, 1.82) is 0 Å². The van der Waals surface area contributed by atoms with Crippen LogP contribution in [-0.2, 0) is 9.84 Å². The summed E-state index contributed by atoms with van der Waals surface area (Å²) < 4.78 is 28.1. The van der Waals surface area contributed by atoms with Crippen molar-refractivity contribution in [1.82, 2.24) is 9.55 Å². The van der Waals surface area contributed by atoms with Gasteiger partial charge in [0.15, 0.2) is 9.92 Å². The summed E-state index contributed by atoms with van der Waals surface area (Å²) in [6.07, 6.45) is 4.83. The van der Waals surface area contributed by atoms with Crippen molar-refractivity contribution in [3.8, 4) is 5.69 Å². The van der Waals surface area contributed by atoms with Gasteiger partial charge < -0.3 is 4.57 Å². The third kappa shape index (κ3) is 2.85. The Morgan fingerprint density at radius 3 is 2.44 bits per heavy atom. The summed E-state index contributed by atoms with van der Waals surface area (Å²) in [6.45, 7) is 0. The van der Waals surface area contributed by atoms with Crippen molar-refractivity contribution >= 4 is 26.3 Å². The summed E-state index contributed by atoms with van der Waals surface area (Å²) in [6, 6.07) is 16.2. The molecule has 2 heterocycles. The molecule has 8 heteroatoms. The third-order valence-corrected chi connectivity index (χ3v) is 5.98. The number of hydrogen-bond acceptors (Lipinski definition) is 5. The summed E-state index contributed by atoms with van der Waals surface area (Å²) in [5.74, 6) is 0. The van der Waals surface area contributed by atoms with Crippen LogP contribution in [0.4, 0.5) is 5.69 Å². The molecule has 2 aromatic heterocycles. The second-order valence-corrected chi connectivity index (χ2v) is 7.67. The van der Waals surface area contributed by atoms with Gasteiger partial charge in [-0.15, -0.1) is 0 Å². The molecular formula is C19H13N3O4S. The van der Waals surface area contributed by atoms with Crippen LogP contribution in [0.2, 0.25) is 0 Å². The number of rotatable bonds is 4. The van der Waals surface area contributed by atoms with Crippen LogP contribution in [0.5, 0.6) is 0 Å². The molecule has 27 heavy (non-hydrogen) atoms. The molecule has 0 amide bonds. The van der Waals surface area contributed by atoms with Gasteiger partial charge in [-0.3, -0.25) is 10.1 Å². The Kier molecular flexibility index (Phi) is 3.97. The maximum absolute atomic E-state index is 13.2. The Morgan fingerprint density at radius 1 is 0.963 bits per heavy atom. The summed E-state index contributed by atoms with van der Waals surface area (Å²) in [7, 11) is -4.19. The van der Waals surface area contributed by atoms with Crippen molar-refractivity contribution in [2.24, 2.45) is 0 Å². The quantitative estimate of drug-likeness (QED) is 0.397. The average Bonchev–Trinajstić information content (AvgIpc) is 3.21. The number of hydrogen-bond donors (Lipinski definition) is 0. The molecule has 0 aliphatic heterocycles. The molecule has 0 saturated heterocycles. The van der Waals surface area contributed by atoms with E-state index < -0.39 is 20.4 Å². The minimum Gasteiger partial charge on any atom is -0.324 e. The maximum Gasteiger partial charge on any atom is 0.290 e. The number of nitro benzene ring substituents is 1. The van der Waals surface area contributed by atoms with Crippen LogP contribution >= 0.6 is 0 Å². The first-order valence-electron chi connectivity index (χ1n) is 7.99. The zero-order valence-electron chi connectivity index (χ0n) is 13.9. The number of benzene rings is 2. The van der Waals surface area contributed by atoms with E-state index in [9.17, 15) is 18.5 Å². The molecule has 4 aromatic rings. The lowest BCUT2D eigenvalue weighted by Crippen LogP contribution is -2.09. The average molecular weight is 379 g/mol. The number of aromatic nitrogens is 2. The molecule has 0 N–H and O–H groups in total. The SMILES string of the molecule is O=[N+]([O-])c1cc(-n2cccc2)ccc1S(=O)(=O)c1nccc2ccccc12. The smallest absolute Gasteiger partial charge is 0.290 e. The number of nitrogens with zero attached hydrogens (tertiary/aromatic N) is 3.